The van der Waals surface area contributed by atoms with Gasteiger partial charge < -0.3 is 14.9 Å². The van der Waals surface area contributed by atoms with E-state index >= 15 is 0 Å². The Bertz CT molecular complexity index is 1420. The summed E-state index contributed by atoms with van der Waals surface area (Å²) in [4.78, 5) is 39.8. The number of thiophene rings is 1. The third-order valence-electron chi connectivity index (χ3n) is 4.70. The molecule has 0 aliphatic rings. The summed E-state index contributed by atoms with van der Waals surface area (Å²) in [6.07, 6.45) is 0. The van der Waals surface area contributed by atoms with Crippen LogP contribution < -0.4 is 16.0 Å². The first-order valence-electron chi connectivity index (χ1n) is 9.01. The third-order valence-corrected chi connectivity index (χ3v) is 5.92. The third kappa shape index (κ3) is 3.86. The van der Waals surface area contributed by atoms with Crippen LogP contribution in [0.5, 0.6) is 5.75 Å². The van der Waals surface area contributed by atoms with E-state index in [1.54, 1.807) is 18.2 Å². The fourth-order valence-electron chi connectivity index (χ4n) is 3.16. The minimum absolute atomic E-state index is 0.0605. The maximum atomic E-state index is 13.0. The predicted molar refractivity (Wildman–Crippen MR) is 117 cm³/mol. The van der Waals surface area contributed by atoms with Crippen molar-refractivity contribution in [3.05, 3.63) is 90.4 Å². The molecule has 0 bridgehead atoms. The molecule has 4 rings (SSSR count). The molecule has 2 heterocycles. The number of H-pyrrole nitrogens is 1. The number of hydrogen-bond acceptors (Lipinski definition) is 6. The highest BCUT2D eigenvalue weighted by Crippen LogP contribution is 2.26. The number of nitrogens with one attached hydrogen (secondary N) is 1. The average molecular weight is 459 g/mol. The van der Waals surface area contributed by atoms with Crippen molar-refractivity contribution in [3.63, 3.8) is 0 Å². The van der Waals surface area contributed by atoms with Crippen molar-refractivity contribution in [2.75, 3.05) is 0 Å². The Morgan fingerprint density at radius 1 is 1.16 bits per heavy atom. The molecule has 3 N–H and O–H groups in total. The topological polar surface area (TPSA) is 122 Å². The molecular weight excluding hydrogens is 444 g/mol. The van der Waals surface area contributed by atoms with Crippen molar-refractivity contribution in [1.82, 2.24) is 9.55 Å². The van der Waals surface area contributed by atoms with Crippen LogP contribution in [-0.4, -0.2) is 25.7 Å². The highest BCUT2D eigenvalue weighted by Gasteiger charge is 2.20. The van der Waals surface area contributed by atoms with Gasteiger partial charge in [-0.1, -0.05) is 35.9 Å². The summed E-state index contributed by atoms with van der Waals surface area (Å²) in [6.45, 7) is 0.0124. The quantitative estimate of drug-likeness (QED) is 0.408. The maximum absolute atomic E-state index is 13.0. The number of benzene rings is 2. The van der Waals surface area contributed by atoms with Crippen molar-refractivity contribution in [2.45, 2.75) is 13.2 Å². The summed E-state index contributed by atoms with van der Waals surface area (Å²) in [5.41, 5.74) is -0.178. The number of fused-ring (bicyclic) bond motifs is 1. The van der Waals surface area contributed by atoms with Crippen LogP contribution in [0.3, 0.4) is 0 Å². The lowest BCUT2D eigenvalue weighted by Crippen LogP contribution is -2.34. The number of aromatic nitrogens is 2. The molecule has 31 heavy (non-hydrogen) atoms. The van der Waals surface area contributed by atoms with Crippen molar-refractivity contribution < 1.29 is 19.7 Å². The van der Waals surface area contributed by atoms with Crippen LogP contribution in [0.1, 0.15) is 21.5 Å². The molecule has 0 unspecified atom stereocenters. The van der Waals surface area contributed by atoms with Gasteiger partial charge in [0.05, 0.1) is 28.3 Å². The number of ether oxygens (including phenoxy) is 1. The zero-order valence-corrected chi connectivity index (χ0v) is 17.4. The van der Waals surface area contributed by atoms with E-state index in [0.29, 0.717) is 11.3 Å². The number of rotatable bonds is 6. The minimum atomic E-state index is -1.27. The van der Waals surface area contributed by atoms with E-state index in [-0.39, 0.29) is 39.7 Å². The summed E-state index contributed by atoms with van der Waals surface area (Å²) in [7, 11) is 0. The lowest BCUT2D eigenvalue weighted by molar-refractivity contribution is 0.0699. The monoisotopic (exact) mass is 458 g/mol. The predicted octanol–water partition coefficient (Wildman–Crippen LogP) is 3.16. The summed E-state index contributed by atoms with van der Waals surface area (Å²) in [5, 5.41) is 20.1. The molecular formula is C21H15ClN2O6S. The van der Waals surface area contributed by atoms with Crippen molar-refractivity contribution >= 4 is 39.1 Å². The first kappa shape index (κ1) is 20.9. The molecule has 2 aromatic carbocycles. The number of hydrogen-bond donors (Lipinski definition) is 3. The van der Waals surface area contributed by atoms with Gasteiger partial charge in [0, 0.05) is 11.4 Å². The number of aromatic amines is 1. The van der Waals surface area contributed by atoms with Crippen molar-refractivity contribution in [2.24, 2.45) is 0 Å². The van der Waals surface area contributed by atoms with Gasteiger partial charge >= 0.3 is 11.7 Å². The molecule has 0 amide bonds. The minimum Gasteiger partial charge on any atom is -0.489 e. The molecule has 0 atom stereocenters. The van der Waals surface area contributed by atoms with E-state index in [2.05, 4.69) is 4.98 Å². The fourth-order valence-corrected chi connectivity index (χ4v) is 4.28. The first-order valence-corrected chi connectivity index (χ1v) is 10.3. The second-order valence-corrected chi connectivity index (χ2v) is 7.84. The van der Waals surface area contributed by atoms with Crippen molar-refractivity contribution in [3.8, 4) is 11.4 Å². The largest absolute Gasteiger partial charge is 0.489 e. The van der Waals surface area contributed by atoms with Gasteiger partial charge in [0.15, 0.2) is 0 Å². The van der Waals surface area contributed by atoms with E-state index in [0.717, 1.165) is 21.5 Å². The molecule has 0 saturated heterocycles. The molecule has 158 valence electrons. The van der Waals surface area contributed by atoms with Crippen LogP contribution in [0.25, 0.3) is 15.9 Å². The number of carboxylic acids is 1. The number of carboxylic acid groups (broad SMARTS) is 1. The van der Waals surface area contributed by atoms with Crippen LogP contribution in [0, 0.1) is 0 Å². The van der Waals surface area contributed by atoms with E-state index in [1.165, 1.54) is 17.5 Å². The van der Waals surface area contributed by atoms with E-state index < -0.39 is 17.2 Å². The molecule has 0 aliphatic carbocycles. The van der Waals surface area contributed by atoms with Gasteiger partial charge in [-0.3, -0.25) is 9.78 Å². The Morgan fingerprint density at radius 2 is 1.90 bits per heavy atom. The van der Waals surface area contributed by atoms with E-state index in [9.17, 15) is 24.6 Å². The number of halogens is 1. The summed E-state index contributed by atoms with van der Waals surface area (Å²) in [5.74, 6) is -0.935. The van der Waals surface area contributed by atoms with Gasteiger partial charge in [0.25, 0.3) is 5.56 Å². The van der Waals surface area contributed by atoms with E-state index in [1.807, 2.05) is 12.1 Å². The number of nitrogens with zero attached hydrogens (tertiary/aromatic N) is 1. The number of aromatic carboxylic acids is 1. The molecule has 2 aromatic heterocycles. The molecule has 0 radical (unpaired) electrons. The van der Waals surface area contributed by atoms with Gasteiger partial charge in [0.2, 0.25) is 0 Å². The highest BCUT2D eigenvalue weighted by molar-refractivity contribution is 7.17. The zero-order valence-electron chi connectivity index (χ0n) is 15.8. The molecule has 0 spiro atoms. The van der Waals surface area contributed by atoms with E-state index in [4.69, 9.17) is 16.3 Å². The molecule has 0 saturated carbocycles. The second kappa shape index (κ2) is 8.38. The van der Waals surface area contributed by atoms with Gasteiger partial charge in [-0.05, 0) is 23.3 Å². The fraction of sp³-hybridized carbons (Fsp3) is 0.0952. The Balaban J connectivity index is 1.78. The van der Waals surface area contributed by atoms with Crippen LogP contribution in [0.2, 0.25) is 5.02 Å². The first-order chi connectivity index (χ1) is 14.9. The molecule has 0 aliphatic heterocycles. The highest BCUT2D eigenvalue weighted by atomic mass is 35.5. The molecule has 8 nitrogen and oxygen atoms in total. The Kier molecular flexibility index (Phi) is 5.64. The number of aliphatic hydroxyl groups excluding tert-OH is 1. The Labute approximate surface area is 183 Å². The molecule has 4 aromatic rings. The van der Waals surface area contributed by atoms with Crippen LogP contribution in [0.4, 0.5) is 0 Å². The average Bonchev–Trinajstić information content (AvgIpc) is 3.18. The maximum Gasteiger partial charge on any atom is 0.337 e. The summed E-state index contributed by atoms with van der Waals surface area (Å²) < 4.78 is 6.57. The smallest absolute Gasteiger partial charge is 0.337 e. The van der Waals surface area contributed by atoms with Crippen LogP contribution >= 0.6 is 22.9 Å². The van der Waals surface area contributed by atoms with Gasteiger partial charge in [-0.25, -0.2) is 14.2 Å². The second-order valence-electron chi connectivity index (χ2n) is 6.56. The lowest BCUT2D eigenvalue weighted by atomic mass is 10.1. The van der Waals surface area contributed by atoms with Gasteiger partial charge in [-0.15, -0.1) is 11.3 Å². The summed E-state index contributed by atoms with van der Waals surface area (Å²) in [6, 6.07) is 11.7. The van der Waals surface area contributed by atoms with Crippen LogP contribution in [-0.2, 0) is 13.2 Å². The Hall–Kier alpha value is -3.40. The number of carbonyl (C=O) groups is 1. The molecule has 0 fully saturated rings. The number of aliphatic hydroxyl groups is 1. The summed E-state index contributed by atoms with van der Waals surface area (Å²) >= 11 is 7.22. The standard InChI is InChI=1S/C21H15ClN2O6S/c22-15-6-5-13(30-9-12-4-2-1-3-11(12)8-25)7-16(15)24-19(26)17-14(20(27)28)10-31-18(17)23-21(24)29/h1-7,10,25H,8-9H2,(H,23,29)(H,27,28). The zero-order chi connectivity index (χ0) is 22.1. The van der Waals surface area contributed by atoms with Gasteiger partial charge in [-0.2, -0.15) is 0 Å². The molecule has 10 heteroatoms. The SMILES string of the molecule is O=C(O)c1csc2[nH]c(=O)n(-c3cc(OCc4ccccc4CO)ccc3Cl)c(=O)c12. The normalized spacial score (nSPS) is 11.0. The van der Waals surface area contributed by atoms with Crippen LogP contribution in [0.15, 0.2) is 57.4 Å². The lowest BCUT2D eigenvalue weighted by Gasteiger charge is -2.12. The Morgan fingerprint density at radius 3 is 2.61 bits per heavy atom. The van der Waals surface area contributed by atoms with Crippen molar-refractivity contribution in [1.29, 1.82) is 0 Å². The van der Waals surface area contributed by atoms with Gasteiger partial charge in [0.1, 0.15) is 17.2 Å².